The normalized spacial score (nSPS) is 15.2. The van der Waals surface area contributed by atoms with Crippen LogP contribution in [-0.4, -0.2) is 60.3 Å². The van der Waals surface area contributed by atoms with E-state index < -0.39 is 11.7 Å². The lowest BCUT2D eigenvalue weighted by Gasteiger charge is -2.29. The first-order valence-electron chi connectivity index (χ1n) is 10.5. The van der Waals surface area contributed by atoms with Crippen LogP contribution in [0.25, 0.3) is 0 Å². The molecule has 0 atom stereocenters. The Morgan fingerprint density at radius 2 is 2.03 bits per heavy atom. The zero-order chi connectivity index (χ0) is 22.9. The molecule has 31 heavy (non-hydrogen) atoms. The van der Waals surface area contributed by atoms with Gasteiger partial charge in [-0.3, -0.25) is 4.79 Å². The third-order valence-electron chi connectivity index (χ3n) is 5.06. The molecule has 0 aromatic carbocycles. The van der Waals surface area contributed by atoms with Crippen LogP contribution in [0.15, 0.2) is 35.4 Å². The lowest BCUT2D eigenvalue weighted by molar-refractivity contribution is -0.146. The summed E-state index contributed by atoms with van der Waals surface area (Å²) >= 11 is 1.62. The summed E-state index contributed by atoms with van der Waals surface area (Å²) in [6.45, 7) is 11.8. The fourth-order valence-corrected chi connectivity index (χ4v) is 3.71. The summed E-state index contributed by atoms with van der Waals surface area (Å²) in [6, 6.07) is 3.76. The van der Waals surface area contributed by atoms with Gasteiger partial charge in [0, 0.05) is 36.8 Å². The Labute approximate surface area is 188 Å². The zero-order valence-electron chi connectivity index (χ0n) is 18.8. The van der Waals surface area contributed by atoms with E-state index in [0.717, 1.165) is 37.2 Å². The highest BCUT2D eigenvalue weighted by Crippen LogP contribution is 2.29. The molecular formula is C22H33N3O5S. The standard InChI is InChI=1S/C22H33N3O5S/c1-6-22(3,4)30-21(27)24-13-16(2)15-29-19-8-7-18(14-23-19)31-25-11-9-17(10-12-25)20(26)28-5/h7-8,14,17H,2,6,9-13,15H2,1,3-5H3,(H,24,27). The van der Waals surface area contributed by atoms with Crippen molar-refractivity contribution in [1.82, 2.24) is 14.6 Å². The van der Waals surface area contributed by atoms with Crippen LogP contribution >= 0.6 is 11.9 Å². The summed E-state index contributed by atoms with van der Waals surface area (Å²) in [5.74, 6) is 0.370. The quantitative estimate of drug-likeness (QED) is 0.326. The predicted molar refractivity (Wildman–Crippen MR) is 120 cm³/mol. The van der Waals surface area contributed by atoms with E-state index in [2.05, 4.69) is 21.2 Å². The van der Waals surface area contributed by atoms with E-state index in [1.807, 2.05) is 32.9 Å². The van der Waals surface area contributed by atoms with E-state index in [-0.39, 0.29) is 25.0 Å². The third kappa shape index (κ3) is 8.78. The molecule has 1 aromatic heterocycles. The number of nitrogens with zero attached hydrogens (tertiary/aromatic N) is 2. The van der Waals surface area contributed by atoms with Crippen LogP contribution < -0.4 is 10.1 Å². The maximum absolute atomic E-state index is 11.8. The fourth-order valence-electron chi connectivity index (χ4n) is 2.79. The van der Waals surface area contributed by atoms with Crippen LogP contribution in [0.5, 0.6) is 5.88 Å². The number of carbonyl (C=O) groups excluding carboxylic acids is 2. The van der Waals surface area contributed by atoms with Gasteiger partial charge in [-0.25, -0.2) is 14.1 Å². The molecule has 1 amide bonds. The highest BCUT2D eigenvalue weighted by atomic mass is 32.2. The number of alkyl carbamates (subject to hydrolysis) is 1. The maximum atomic E-state index is 11.8. The maximum Gasteiger partial charge on any atom is 0.407 e. The van der Waals surface area contributed by atoms with Crippen LogP contribution in [0.2, 0.25) is 0 Å². The van der Waals surface area contributed by atoms with E-state index in [1.54, 1.807) is 18.1 Å². The molecule has 0 spiro atoms. The van der Waals surface area contributed by atoms with Gasteiger partial charge in [0.25, 0.3) is 0 Å². The molecule has 9 heteroatoms. The number of rotatable bonds is 10. The lowest BCUT2D eigenvalue weighted by Crippen LogP contribution is -2.35. The van der Waals surface area contributed by atoms with Crippen molar-refractivity contribution in [3.05, 3.63) is 30.5 Å². The summed E-state index contributed by atoms with van der Waals surface area (Å²) in [5, 5.41) is 2.68. The molecule has 0 unspecified atom stereocenters. The first-order valence-corrected chi connectivity index (χ1v) is 11.2. The van der Waals surface area contributed by atoms with Crippen LogP contribution in [-0.2, 0) is 14.3 Å². The molecule has 2 heterocycles. The number of amides is 1. The van der Waals surface area contributed by atoms with Crippen molar-refractivity contribution in [3.63, 3.8) is 0 Å². The molecule has 0 bridgehead atoms. The molecule has 0 aliphatic carbocycles. The van der Waals surface area contributed by atoms with E-state index >= 15 is 0 Å². The van der Waals surface area contributed by atoms with Crippen LogP contribution in [0.1, 0.15) is 40.0 Å². The number of pyridine rings is 1. The van der Waals surface area contributed by atoms with E-state index in [4.69, 9.17) is 14.2 Å². The molecule has 1 N–H and O–H groups in total. The predicted octanol–water partition coefficient (Wildman–Crippen LogP) is 3.82. The highest BCUT2D eigenvalue weighted by Gasteiger charge is 2.26. The topological polar surface area (TPSA) is 90.0 Å². The second-order valence-corrected chi connectivity index (χ2v) is 9.22. The number of hydrogen-bond acceptors (Lipinski definition) is 8. The molecule has 0 radical (unpaired) electrons. The first-order chi connectivity index (χ1) is 14.7. The molecule has 8 nitrogen and oxygen atoms in total. The van der Waals surface area contributed by atoms with Gasteiger partial charge < -0.3 is 19.5 Å². The number of carbonyl (C=O) groups is 2. The van der Waals surface area contributed by atoms with Crippen molar-refractivity contribution in [3.8, 4) is 5.88 Å². The first kappa shape index (κ1) is 25.0. The number of methoxy groups -OCH3 is 1. The zero-order valence-corrected chi connectivity index (χ0v) is 19.6. The Balaban J connectivity index is 1.68. The summed E-state index contributed by atoms with van der Waals surface area (Å²) in [4.78, 5) is 28.8. The van der Waals surface area contributed by atoms with E-state index in [1.165, 1.54) is 7.11 Å². The molecule has 1 saturated heterocycles. The van der Waals surface area contributed by atoms with Crippen LogP contribution in [0, 0.1) is 5.92 Å². The van der Waals surface area contributed by atoms with Crippen molar-refractivity contribution in [2.24, 2.45) is 5.92 Å². The average molecular weight is 452 g/mol. The van der Waals surface area contributed by atoms with Crippen molar-refractivity contribution in [2.45, 2.75) is 50.5 Å². The van der Waals surface area contributed by atoms with Gasteiger partial charge in [-0.2, -0.15) is 0 Å². The van der Waals surface area contributed by atoms with E-state index in [0.29, 0.717) is 11.5 Å². The molecular weight excluding hydrogens is 418 g/mol. The Hall–Kier alpha value is -2.26. The van der Waals surface area contributed by atoms with Crippen molar-refractivity contribution in [1.29, 1.82) is 0 Å². The number of aromatic nitrogens is 1. The smallest absolute Gasteiger partial charge is 0.407 e. The van der Waals surface area contributed by atoms with Gasteiger partial charge in [0.1, 0.15) is 12.2 Å². The average Bonchev–Trinajstić information content (AvgIpc) is 2.77. The Morgan fingerprint density at radius 3 is 2.61 bits per heavy atom. The number of nitrogens with one attached hydrogen (secondary N) is 1. The Morgan fingerprint density at radius 1 is 1.32 bits per heavy atom. The third-order valence-corrected chi connectivity index (χ3v) is 6.14. The van der Waals surface area contributed by atoms with Gasteiger partial charge in [0.05, 0.1) is 13.0 Å². The Kier molecular flexibility index (Phi) is 9.64. The summed E-state index contributed by atoms with van der Waals surface area (Å²) in [7, 11) is 1.44. The number of hydrogen-bond donors (Lipinski definition) is 1. The van der Waals surface area contributed by atoms with Crippen molar-refractivity contribution < 1.29 is 23.8 Å². The second kappa shape index (κ2) is 12.0. The summed E-state index contributed by atoms with van der Waals surface area (Å²) in [5.41, 5.74) is 0.211. The number of esters is 1. The summed E-state index contributed by atoms with van der Waals surface area (Å²) < 4.78 is 18.0. The van der Waals surface area contributed by atoms with Gasteiger partial charge in [0.2, 0.25) is 5.88 Å². The minimum atomic E-state index is -0.497. The molecule has 1 aromatic rings. The minimum absolute atomic E-state index is 0.00155. The van der Waals surface area contributed by atoms with Crippen molar-refractivity contribution >= 4 is 24.0 Å². The van der Waals surface area contributed by atoms with Crippen LogP contribution in [0.3, 0.4) is 0 Å². The SMILES string of the molecule is C=C(CNC(=O)OC(C)(C)CC)COc1ccc(SN2CCC(C(=O)OC)CC2)cn1. The van der Waals surface area contributed by atoms with Gasteiger partial charge in [-0.15, -0.1) is 0 Å². The minimum Gasteiger partial charge on any atom is -0.473 e. The second-order valence-electron chi connectivity index (χ2n) is 8.04. The monoisotopic (exact) mass is 451 g/mol. The molecule has 1 aliphatic heterocycles. The lowest BCUT2D eigenvalue weighted by atomic mass is 9.99. The van der Waals surface area contributed by atoms with Crippen molar-refractivity contribution in [2.75, 3.05) is 33.4 Å². The molecule has 2 rings (SSSR count). The fraction of sp³-hybridized carbons (Fsp3) is 0.591. The molecule has 172 valence electrons. The van der Waals surface area contributed by atoms with Gasteiger partial charge in [-0.05, 0) is 56.7 Å². The molecule has 1 aliphatic rings. The Bertz CT molecular complexity index is 746. The number of ether oxygens (including phenoxy) is 3. The van der Waals surface area contributed by atoms with Gasteiger partial charge in [0.15, 0.2) is 0 Å². The largest absolute Gasteiger partial charge is 0.473 e. The van der Waals surface area contributed by atoms with Crippen LogP contribution in [0.4, 0.5) is 4.79 Å². The van der Waals surface area contributed by atoms with Gasteiger partial charge >= 0.3 is 12.1 Å². The van der Waals surface area contributed by atoms with Gasteiger partial charge in [-0.1, -0.05) is 13.5 Å². The summed E-state index contributed by atoms with van der Waals surface area (Å²) in [6.07, 6.45) is 3.62. The molecule has 1 fully saturated rings. The highest BCUT2D eigenvalue weighted by molar-refractivity contribution is 7.97. The van der Waals surface area contributed by atoms with E-state index in [9.17, 15) is 9.59 Å². The molecule has 0 saturated carbocycles. The number of piperidine rings is 1.